The van der Waals surface area contributed by atoms with Gasteiger partial charge in [-0.25, -0.2) is 0 Å². The quantitative estimate of drug-likeness (QED) is 0.576. The fourth-order valence-corrected chi connectivity index (χ4v) is 4.12. The maximum absolute atomic E-state index is 12.9. The summed E-state index contributed by atoms with van der Waals surface area (Å²) in [6.07, 6.45) is 0.488. The number of halogens is 2. The molecule has 1 saturated heterocycles. The van der Waals surface area contributed by atoms with Crippen molar-refractivity contribution in [3.63, 3.8) is 0 Å². The van der Waals surface area contributed by atoms with Gasteiger partial charge in [-0.2, -0.15) is 0 Å². The largest absolute Gasteiger partial charge is 0.379 e. The molecule has 1 heterocycles. The van der Waals surface area contributed by atoms with Gasteiger partial charge in [-0.3, -0.25) is 19.3 Å². The number of ether oxygens (including phenoxy) is 1. The van der Waals surface area contributed by atoms with Crippen molar-refractivity contribution in [1.82, 2.24) is 4.90 Å². The summed E-state index contributed by atoms with van der Waals surface area (Å²) in [5.41, 5.74) is 0.839. The van der Waals surface area contributed by atoms with Gasteiger partial charge in [-0.05, 0) is 18.1 Å². The third kappa shape index (κ3) is 4.01. The van der Waals surface area contributed by atoms with Crippen LogP contribution in [0.3, 0.4) is 0 Å². The highest BCUT2D eigenvalue weighted by Crippen LogP contribution is 2.33. The van der Waals surface area contributed by atoms with E-state index in [1.807, 2.05) is 6.92 Å². The van der Waals surface area contributed by atoms with Gasteiger partial charge in [0.1, 0.15) is 5.92 Å². The molecule has 0 aromatic heterocycles. The predicted octanol–water partition coefficient (Wildman–Crippen LogP) is 3.19. The minimum atomic E-state index is -1.24. The lowest BCUT2D eigenvalue weighted by Gasteiger charge is -2.28. The van der Waals surface area contributed by atoms with Crippen molar-refractivity contribution >= 4 is 40.6 Å². The third-order valence-electron chi connectivity index (χ3n) is 4.94. The maximum Gasteiger partial charge on any atom is 0.182 e. The van der Waals surface area contributed by atoms with Crippen LogP contribution in [0.25, 0.3) is 0 Å². The fourth-order valence-electron chi connectivity index (χ4n) is 3.54. The zero-order valence-corrected chi connectivity index (χ0v) is 16.1. The SMILES string of the molecule is CC1CC(=O)C(C(=O)c2ccc(Cl)c(CN3CCOCC3)c2Cl)C(=O)C1. The Labute approximate surface area is 162 Å². The highest BCUT2D eigenvalue weighted by atomic mass is 35.5. The van der Waals surface area contributed by atoms with Crippen LogP contribution < -0.4 is 0 Å². The molecule has 1 saturated carbocycles. The molecule has 0 amide bonds. The molecule has 1 aromatic carbocycles. The first-order chi connectivity index (χ1) is 12.4. The van der Waals surface area contributed by atoms with Gasteiger partial charge < -0.3 is 4.74 Å². The van der Waals surface area contributed by atoms with Crippen LogP contribution in [-0.2, 0) is 20.9 Å². The molecule has 0 spiro atoms. The summed E-state index contributed by atoms with van der Waals surface area (Å²) in [6, 6.07) is 3.12. The Morgan fingerprint density at radius 3 is 2.38 bits per heavy atom. The van der Waals surface area contributed by atoms with Gasteiger partial charge in [-0.15, -0.1) is 0 Å². The van der Waals surface area contributed by atoms with Gasteiger partial charge in [0.05, 0.1) is 18.2 Å². The first-order valence-electron chi connectivity index (χ1n) is 8.75. The van der Waals surface area contributed by atoms with Gasteiger partial charge in [-0.1, -0.05) is 30.1 Å². The Hall–Kier alpha value is -1.27. The van der Waals surface area contributed by atoms with Crippen molar-refractivity contribution in [2.24, 2.45) is 11.8 Å². The number of rotatable bonds is 4. The lowest BCUT2D eigenvalue weighted by molar-refractivity contribution is -0.134. The second-order valence-electron chi connectivity index (χ2n) is 7.02. The molecule has 1 aliphatic heterocycles. The molecule has 0 N–H and O–H groups in total. The van der Waals surface area contributed by atoms with E-state index in [-0.39, 0.29) is 40.9 Å². The van der Waals surface area contributed by atoms with E-state index in [2.05, 4.69) is 4.90 Å². The summed E-state index contributed by atoms with van der Waals surface area (Å²) in [5, 5.41) is 0.696. The number of Topliss-reactive ketones (excluding diaryl/α,β-unsaturated/α-hetero) is 3. The summed E-state index contributed by atoms with van der Waals surface area (Å²) in [6.45, 7) is 5.11. The zero-order valence-electron chi connectivity index (χ0n) is 14.6. The van der Waals surface area contributed by atoms with Crippen molar-refractivity contribution in [2.45, 2.75) is 26.3 Å². The minimum Gasteiger partial charge on any atom is -0.379 e. The van der Waals surface area contributed by atoms with Crippen molar-refractivity contribution in [3.05, 3.63) is 33.3 Å². The first kappa shape index (κ1) is 19.5. The summed E-state index contributed by atoms with van der Waals surface area (Å²) in [5.74, 6) is -2.41. The highest BCUT2D eigenvalue weighted by Gasteiger charge is 2.40. The summed E-state index contributed by atoms with van der Waals surface area (Å²) < 4.78 is 5.33. The van der Waals surface area contributed by atoms with E-state index in [4.69, 9.17) is 27.9 Å². The molecule has 0 bridgehead atoms. The smallest absolute Gasteiger partial charge is 0.182 e. The zero-order chi connectivity index (χ0) is 18.8. The van der Waals surface area contributed by atoms with Crippen LogP contribution in [0, 0.1) is 11.8 Å². The number of morpholine rings is 1. The minimum absolute atomic E-state index is 0.0170. The number of hydrogen-bond donors (Lipinski definition) is 0. The molecule has 0 unspecified atom stereocenters. The molecule has 2 fully saturated rings. The van der Waals surface area contributed by atoms with Crippen LogP contribution in [0.1, 0.15) is 35.7 Å². The van der Waals surface area contributed by atoms with E-state index < -0.39 is 11.7 Å². The van der Waals surface area contributed by atoms with Crippen LogP contribution in [0.4, 0.5) is 0 Å². The Bertz CT molecular complexity index is 725. The highest BCUT2D eigenvalue weighted by molar-refractivity contribution is 6.39. The van der Waals surface area contributed by atoms with Crippen molar-refractivity contribution in [3.8, 4) is 0 Å². The lowest BCUT2D eigenvalue weighted by Crippen LogP contribution is -2.38. The summed E-state index contributed by atoms with van der Waals surface area (Å²) in [4.78, 5) is 39.6. The van der Waals surface area contributed by atoms with Gasteiger partial charge >= 0.3 is 0 Å². The number of ketones is 3. The van der Waals surface area contributed by atoms with Crippen molar-refractivity contribution in [1.29, 1.82) is 0 Å². The van der Waals surface area contributed by atoms with Gasteiger partial charge in [0.2, 0.25) is 0 Å². The topological polar surface area (TPSA) is 63.7 Å². The van der Waals surface area contributed by atoms with E-state index in [0.717, 1.165) is 13.1 Å². The number of hydrogen-bond acceptors (Lipinski definition) is 5. The Morgan fingerprint density at radius 2 is 1.77 bits per heavy atom. The number of carbonyl (C=O) groups is 3. The molecule has 1 aromatic rings. The van der Waals surface area contributed by atoms with E-state index in [1.54, 1.807) is 6.07 Å². The molecule has 3 rings (SSSR count). The standard InChI is InChI=1S/C19H21Cl2NO4/c1-11-8-15(23)17(16(24)9-11)19(25)12-2-3-14(20)13(18(12)21)10-22-4-6-26-7-5-22/h2-3,11,17H,4-10H2,1H3. The Balaban J connectivity index is 1.88. The van der Waals surface area contributed by atoms with Crippen LogP contribution in [0.5, 0.6) is 0 Å². The molecule has 0 radical (unpaired) electrons. The van der Waals surface area contributed by atoms with Gasteiger partial charge in [0, 0.05) is 48.6 Å². The van der Waals surface area contributed by atoms with E-state index in [1.165, 1.54) is 6.07 Å². The number of nitrogens with zero attached hydrogens (tertiary/aromatic N) is 1. The average Bonchev–Trinajstić information content (AvgIpc) is 2.58. The third-order valence-corrected chi connectivity index (χ3v) is 5.73. The van der Waals surface area contributed by atoms with Crippen molar-refractivity contribution in [2.75, 3.05) is 26.3 Å². The summed E-state index contributed by atoms with van der Waals surface area (Å²) in [7, 11) is 0. The second kappa shape index (κ2) is 8.17. The van der Waals surface area contributed by atoms with E-state index in [9.17, 15) is 14.4 Å². The molecule has 140 valence electrons. The molecule has 7 heteroatoms. The van der Waals surface area contributed by atoms with Gasteiger partial charge in [0.15, 0.2) is 17.3 Å². The Morgan fingerprint density at radius 1 is 1.15 bits per heavy atom. The molecule has 5 nitrogen and oxygen atoms in total. The maximum atomic E-state index is 12.9. The summed E-state index contributed by atoms with van der Waals surface area (Å²) >= 11 is 12.8. The van der Waals surface area contributed by atoms with Crippen LogP contribution in [0.2, 0.25) is 10.0 Å². The predicted molar refractivity (Wildman–Crippen MR) is 98.8 cm³/mol. The first-order valence-corrected chi connectivity index (χ1v) is 9.50. The van der Waals surface area contributed by atoms with E-state index >= 15 is 0 Å². The van der Waals surface area contributed by atoms with Crippen LogP contribution >= 0.6 is 23.2 Å². The molecular formula is C19H21Cl2NO4. The average molecular weight is 398 g/mol. The number of benzene rings is 1. The normalized spacial score (nSPS) is 24.7. The molecule has 2 aliphatic rings. The monoisotopic (exact) mass is 397 g/mol. The van der Waals surface area contributed by atoms with Crippen molar-refractivity contribution < 1.29 is 19.1 Å². The van der Waals surface area contributed by atoms with E-state index in [0.29, 0.717) is 30.3 Å². The van der Waals surface area contributed by atoms with Crippen LogP contribution in [-0.4, -0.2) is 48.6 Å². The molecule has 1 aliphatic carbocycles. The molecule has 26 heavy (non-hydrogen) atoms. The number of carbonyl (C=O) groups excluding carboxylic acids is 3. The van der Waals surface area contributed by atoms with Crippen LogP contribution in [0.15, 0.2) is 12.1 Å². The fraction of sp³-hybridized carbons (Fsp3) is 0.526. The molecular weight excluding hydrogens is 377 g/mol. The van der Waals surface area contributed by atoms with Gasteiger partial charge in [0.25, 0.3) is 0 Å². The Kier molecular flexibility index (Phi) is 6.13. The second-order valence-corrected chi connectivity index (χ2v) is 7.80. The molecule has 0 atom stereocenters. The lowest BCUT2D eigenvalue weighted by atomic mass is 9.77.